The molecule has 0 aliphatic rings. The second-order valence-electron chi connectivity index (χ2n) is 4.55. The van der Waals surface area contributed by atoms with Crippen LogP contribution in [-0.2, 0) is 11.3 Å². The van der Waals surface area contributed by atoms with Gasteiger partial charge in [0.2, 0.25) is 0 Å². The van der Waals surface area contributed by atoms with Gasteiger partial charge in [-0.2, -0.15) is 10.1 Å². The van der Waals surface area contributed by atoms with Crippen molar-refractivity contribution in [1.29, 1.82) is 0 Å². The van der Waals surface area contributed by atoms with Crippen LogP contribution in [0.5, 0.6) is 0 Å². The summed E-state index contributed by atoms with van der Waals surface area (Å²) in [6.07, 6.45) is 0. The first-order chi connectivity index (χ1) is 9.49. The smallest absolute Gasteiger partial charge is 0.312 e. The van der Waals surface area contributed by atoms with Gasteiger partial charge in [-0.1, -0.05) is 30.3 Å². The zero-order valence-corrected chi connectivity index (χ0v) is 11.3. The first-order valence-electron chi connectivity index (χ1n) is 6.21. The van der Waals surface area contributed by atoms with Crippen LogP contribution in [0.4, 0.5) is 0 Å². The van der Waals surface area contributed by atoms with Gasteiger partial charge in [0.05, 0.1) is 6.54 Å². The Hall–Kier alpha value is -2.50. The highest BCUT2D eigenvalue weighted by Crippen LogP contribution is 2.09. The Morgan fingerprint density at radius 3 is 2.60 bits per heavy atom. The molecule has 1 unspecified atom stereocenters. The van der Waals surface area contributed by atoms with E-state index in [4.69, 9.17) is 5.11 Å². The lowest BCUT2D eigenvalue weighted by Gasteiger charge is -2.12. The molecule has 2 rings (SSSR count). The number of aromatic nitrogens is 3. The maximum Gasteiger partial charge on any atom is 0.312 e. The summed E-state index contributed by atoms with van der Waals surface area (Å²) in [4.78, 5) is 26.6. The molecule has 1 N–H and O–H groups in total. The minimum Gasteiger partial charge on any atom is -0.481 e. The second kappa shape index (κ2) is 5.64. The van der Waals surface area contributed by atoms with Crippen molar-refractivity contribution < 1.29 is 9.90 Å². The lowest BCUT2D eigenvalue weighted by molar-refractivity contribution is -0.138. The number of carboxylic acids is 1. The van der Waals surface area contributed by atoms with Gasteiger partial charge in [0.15, 0.2) is 0 Å². The standard InChI is InChI=1S/C14H15N3O3/c1-9(14(19)20)12-13(18)15-10(2)17(16-12)8-11-6-4-3-5-7-11/h3-7,9H,8H2,1-2H3,(H,19,20). The van der Waals surface area contributed by atoms with Gasteiger partial charge in [-0.25, -0.2) is 4.68 Å². The van der Waals surface area contributed by atoms with Crippen LogP contribution >= 0.6 is 0 Å². The fourth-order valence-electron chi connectivity index (χ4n) is 1.80. The average molecular weight is 273 g/mol. The van der Waals surface area contributed by atoms with E-state index < -0.39 is 17.4 Å². The Morgan fingerprint density at radius 1 is 1.35 bits per heavy atom. The molecule has 0 aliphatic heterocycles. The molecule has 0 bridgehead atoms. The van der Waals surface area contributed by atoms with Crippen LogP contribution in [0.3, 0.4) is 0 Å². The monoisotopic (exact) mass is 273 g/mol. The zero-order valence-electron chi connectivity index (χ0n) is 11.3. The van der Waals surface area contributed by atoms with Crippen molar-refractivity contribution in [2.24, 2.45) is 0 Å². The van der Waals surface area contributed by atoms with Crippen molar-refractivity contribution in [3.05, 3.63) is 57.8 Å². The third kappa shape index (κ3) is 2.90. The molecule has 6 heteroatoms. The van der Waals surface area contributed by atoms with Gasteiger partial charge in [-0.3, -0.25) is 9.59 Å². The fourth-order valence-corrected chi connectivity index (χ4v) is 1.80. The number of hydrogen-bond acceptors (Lipinski definition) is 4. The largest absolute Gasteiger partial charge is 0.481 e. The van der Waals surface area contributed by atoms with Crippen LogP contribution in [-0.4, -0.2) is 25.8 Å². The van der Waals surface area contributed by atoms with Crippen molar-refractivity contribution in [3.63, 3.8) is 0 Å². The highest BCUT2D eigenvalue weighted by Gasteiger charge is 2.21. The fraction of sp³-hybridized carbons (Fsp3) is 0.286. The van der Waals surface area contributed by atoms with Gasteiger partial charge in [-0.15, -0.1) is 0 Å². The summed E-state index contributed by atoms with van der Waals surface area (Å²) in [5.74, 6) is -1.61. The summed E-state index contributed by atoms with van der Waals surface area (Å²) >= 11 is 0. The van der Waals surface area contributed by atoms with Gasteiger partial charge < -0.3 is 5.11 Å². The highest BCUT2D eigenvalue weighted by atomic mass is 16.4. The average Bonchev–Trinajstić information content (AvgIpc) is 2.42. The van der Waals surface area contributed by atoms with Crippen molar-refractivity contribution in [3.8, 4) is 0 Å². The summed E-state index contributed by atoms with van der Waals surface area (Å²) in [5.41, 5.74) is 0.378. The number of aryl methyl sites for hydroxylation is 1. The van der Waals surface area contributed by atoms with Crippen molar-refractivity contribution >= 4 is 5.97 Å². The summed E-state index contributed by atoms with van der Waals surface area (Å²) in [5, 5.41) is 13.1. The number of hydrogen-bond donors (Lipinski definition) is 1. The van der Waals surface area contributed by atoms with Crippen LogP contribution in [0.1, 0.15) is 29.9 Å². The van der Waals surface area contributed by atoms with Crippen LogP contribution in [0.25, 0.3) is 0 Å². The lowest BCUT2D eigenvalue weighted by atomic mass is 10.1. The van der Waals surface area contributed by atoms with E-state index in [-0.39, 0.29) is 5.69 Å². The Morgan fingerprint density at radius 2 is 2.00 bits per heavy atom. The Labute approximate surface area is 115 Å². The topological polar surface area (TPSA) is 85.1 Å². The summed E-state index contributed by atoms with van der Waals surface area (Å²) in [7, 11) is 0. The quantitative estimate of drug-likeness (QED) is 0.904. The molecule has 1 aromatic carbocycles. The van der Waals surface area contributed by atoms with Gasteiger partial charge in [-0.05, 0) is 19.4 Å². The summed E-state index contributed by atoms with van der Waals surface area (Å²) < 4.78 is 1.55. The first-order valence-corrected chi connectivity index (χ1v) is 6.21. The molecule has 2 aromatic rings. The summed E-state index contributed by atoms with van der Waals surface area (Å²) in [6.45, 7) is 3.54. The van der Waals surface area contributed by atoms with Crippen molar-refractivity contribution in [2.75, 3.05) is 0 Å². The number of carboxylic acid groups (broad SMARTS) is 1. The molecule has 1 aromatic heterocycles. The molecule has 1 heterocycles. The minimum absolute atomic E-state index is 0.0426. The number of aliphatic carboxylic acids is 1. The third-order valence-corrected chi connectivity index (χ3v) is 3.04. The van der Waals surface area contributed by atoms with Crippen LogP contribution < -0.4 is 5.56 Å². The van der Waals surface area contributed by atoms with Crippen molar-refractivity contribution in [1.82, 2.24) is 14.8 Å². The summed E-state index contributed by atoms with van der Waals surface area (Å²) in [6, 6.07) is 9.58. The van der Waals surface area contributed by atoms with Crippen LogP contribution in [0.15, 0.2) is 35.1 Å². The zero-order chi connectivity index (χ0) is 14.7. The number of carbonyl (C=O) groups is 1. The number of benzene rings is 1. The predicted molar refractivity (Wildman–Crippen MR) is 72.6 cm³/mol. The molecule has 0 fully saturated rings. The van der Waals surface area contributed by atoms with E-state index in [1.807, 2.05) is 30.3 Å². The van der Waals surface area contributed by atoms with Gasteiger partial charge in [0.1, 0.15) is 17.4 Å². The first kappa shape index (κ1) is 13.9. The molecule has 6 nitrogen and oxygen atoms in total. The Kier molecular flexibility index (Phi) is 3.93. The maximum atomic E-state index is 11.7. The predicted octanol–water partition coefficient (Wildman–Crippen LogP) is 1.18. The van der Waals surface area contributed by atoms with Crippen LogP contribution in [0.2, 0.25) is 0 Å². The van der Waals surface area contributed by atoms with E-state index in [0.717, 1.165) is 5.56 Å². The molecule has 0 aliphatic carbocycles. The van der Waals surface area contributed by atoms with Crippen molar-refractivity contribution in [2.45, 2.75) is 26.3 Å². The molecule has 1 atom stereocenters. The van der Waals surface area contributed by atoms with E-state index in [9.17, 15) is 9.59 Å². The Bertz CT molecular complexity index is 680. The Balaban J connectivity index is 2.41. The SMILES string of the molecule is Cc1nc(=O)c(C(C)C(=O)O)nn1Cc1ccccc1. The second-order valence-corrected chi connectivity index (χ2v) is 4.55. The normalized spacial score (nSPS) is 12.1. The molecular weight excluding hydrogens is 258 g/mol. The molecule has 0 amide bonds. The van der Waals surface area contributed by atoms with Gasteiger partial charge >= 0.3 is 5.97 Å². The van der Waals surface area contributed by atoms with E-state index >= 15 is 0 Å². The third-order valence-electron chi connectivity index (χ3n) is 3.04. The van der Waals surface area contributed by atoms with E-state index in [0.29, 0.717) is 12.4 Å². The van der Waals surface area contributed by atoms with E-state index in [1.54, 1.807) is 11.6 Å². The molecule has 0 spiro atoms. The highest BCUT2D eigenvalue weighted by molar-refractivity contribution is 5.74. The number of rotatable bonds is 4. The molecule has 0 saturated heterocycles. The molecule has 104 valence electrons. The number of nitrogens with zero attached hydrogens (tertiary/aromatic N) is 3. The minimum atomic E-state index is -1.09. The van der Waals surface area contributed by atoms with E-state index in [2.05, 4.69) is 10.1 Å². The van der Waals surface area contributed by atoms with Crippen LogP contribution in [0, 0.1) is 6.92 Å². The van der Waals surface area contributed by atoms with Gasteiger partial charge in [0, 0.05) is 0 Å². The molecule has 0 radical (unpaired) electrons. The van der Waals surface area contributed by atoms with Gasteiger partial charge in [0.25, 0.3) is 5.56 Å². The molecule has 0 saturated carbocycles. The lowest BCUT2D eigenvalue weighted by Crippen LogP contribution is -2.28. The maximum absolute atomic E-state index is 11.7. The molecular formula is C14H15N3O3. The molecule has 20 heavy (non-hydrogen) atoms. The van der Waals surface area contributed by atoms with E-state index in [1.165, 1.54) is 6.92 Å².